The van der Waals surface area contributed by atoms with Gasteiger partial charge in [-0.1, -0.05) is 12.0 Å². The lowest BCUT2D eigenvalue weighted by atomic mass is 10.2. The first-order valence-corrected chi connectivity index (χ1v) is 4.78. The van der Waals surface area contributed by atoms with Gasteiger partial charge in [-0.25, -0.2) is 4.39 Å². The van der Waals surface area contributed by atoms with Crippen molar-refractivity contribution in [3.8, 4) is 23.8 Å². The van der Waals surface area contributed by atoms with Crippen molar-refractivity contribution < 1.29 is 9.13 Å². The van der Waals surface area contributed by atoms with Gasteiger partial charge in [-0.15, -0.1) is 6.42 Å². The van der Waals surface area contributed by atoms with Gasteiger partial charge in [0.25, 0.3) is 0 Å². The van der Waals surface area contributed by atoms with Crippen molar-refractivity contribution in [3.63, 3.8) is 0 Å². The lowest BCUT2D eigenvalue weighted by Gasteiger charge is -2.05. The molecule has 2 heteroatoms. The second kappa shape index (κ2) is 4.50. The van der Waals surface area contributed by atoms with E-state index < -0.39 is 0 Å². The zero-order valence-electron chi connectivity index (χ0n) is 8.48. The molecule has 0 aliphatic carbocycles. The van der Waals surface area contributed by atoms with Gasteiger partial charge < -0.3 is 4.74 Å². The molecular weight excluding hydrogens is 203 g/mol. The third-order valence-electron chi connectivity index (χ3n) is 2.05. The predicted molar refractivity (Wildman–Crippen MR) is 60.9 cm³/mol. The molecule has 0 aromatic heterocycles. The highest BCUT2D eigenvalue weighted by molar-refractivity contribution is 5.40. The maximum atomic E-state index is 12.7. The summed E-state index contributed by atoms with van der Waals surface area (Å²) in [5.74, 6) is 3.45. The van der Waals surface area contributed by atoms with E-state index in [1.807, 2.05) is 12.1 Å². The molecule has 2 rings (SSSR count). The molecule has 0 aliphatic heterocycles. The first-order valence-electron chi connectivity index (χ1n) is 4.78. The van der Waals surface area contributed by atoms with E-state index in [0.717, 1.165) is 5.56 Å². The molecule has 0 fully saturated rings. The minimum atomic E-state index is -0.287. The van der Waals surface area contributed by atoms with Gasteiger partial charge in [-0.2, -0.15) is 0 Å². The largest absolute Gasteiger partial charge is 0.457 e. The van der Waals surface area contributed by atoms with Gasteiger partial charge in [0.15, 0.2) is 0 Å². The first-order chi connectivity index (χ1) is 7.78. The zero-order chi connectivity index (χ0) is 11.4. The van der Waals surface area contributed by atoms with Crippen molar-refractivity contribution in [2.75, 3.05) is 0 Å². The van der Waals surface area contributed by atoms with E-state index in [1.165, 1.54) is 12.1 Å². The van der Waals surface area contributed by atoms with Gasteiger partial charge >= 0.3 is 0 Å². The van der Waals surface area contributed by atoms with Crippen molar-refractivity contribution in [1.82, 2.24) is 0 Å². The summed E-state index contributed by atoms with van der Waals surface area (Å²) in [5, 5.41) is 0. The van der Waals surface area contributed by atoms with Gasteiger partial charge in [-0.05, 0) is 42.5 Å². The standard InChI is InChI=1S/C14H9FO/c1-2-11-4-3-5-14(10-11)16-13-8-6-12(15)7-9-13/h1,3-10H. The molecule has 0 aliphatic rings. The van der Waals surface area contributed by atoms with Crippen LogP contribution in [0.3, 0.4) is 0 Å². The van der Waals surface area contributed by atoms with Crippen LogP contribution in [0.15, 0.2) is 48.5 Å². The Morgan fingerprint density at radius 3 is 2.44 bits per heavy atom. The lowest BCUT2D eigenvalue weighted by molar-refractivity contribution is 0.480. The van der Waals surface area contributed by atoms with Crippen LogP contribution in [0.2, 0.25) is 0 Å². The molecule has 0 unspecified atom stereocenters. The van der Waals surface area contributed by atoms with E-state index in [1.54, 1.807) is 24.3 Å². The molecular formula is C14H9FO. The molecule has 0 radical (unpaired) electrons. The smallest absolute Gasteiger partial charge is 0.128 e. The number of benzene rings is 2. The lowest BCUT2D eigenvalue weighted by Crippen LogP contribution is -1.85. The Labute approximate surface area is 93.5 Å². The summed E-state index contributed by atoms with van der Waals surface area (Å²) in [6, 6.07) is 13.0. The van der Waals surface area contributed by atoms with Gasteiger partial charge in [0.2, 0.25) is 0 Å². The van der Waals surface area contributed by atoms with Crippen LogP contribution in [0.1, 0.15) is 5.56 Å². The number of hydrogen-bond donors (Lipinski definition) is 0. The molecule has 0 atom stereocenters. The topological polar surface area (TPSA) is 9.23 Å². The average molecular weight is 212 g/mol. The Hall–Kier alpha value is -2.27. The van der Waals surface area contributed by atoms with E-state index in [2.05, 4.69) is 5.92 Å². The average Bonchev–Trinajstić information content (AvgIpc) is 2.32. The van der Waals surface area contributed by atoms with Crippen LogP contribution in [-0.4, -0.2) is 0 Å². The summed E-state index contributed by atoms with van der Waals surface area (Å²) in [4.78, 5) is 0. The zero-order valence-corrected chi connectivity index (χ0v) is 8.48. The van der Waals surface area contributed by atoms with Crippen molar-refractivity contribution in [2.24, 2.45) is 0 Å². The van der Waals surface area contributed by atoms with E-state index in [9.17, 15) is 4.39 Å². The third kappa shape index (κ3) is 2.40. The summed E-state index contributed by atoms with van der Waals surface area (Å²) in [6.45, 7) is 0. The molecule has 2 aromatic carbocycles. The quantitative estimate of drug-likeness (QED) is 0.691. The highest BCUT2D eigenvalue weighted by Crippen LogP contribution is 2.21. The molecule has 2 aromatic rings. The predicted octanol–water partition coefficient (Wildman–Crippen LogP) is 3.60. The number of rotatable bonds is 2. The molecule has 0 saturated carbocycles. The maximum Gasteiger partial charge on any atom is 0.128 e. The van der Waals surface area contributed by atoms with Crippen molar-refractivity contribution >= 4 is 0 Å². The van der Waals surface area contributed by atoms with Gasteiger partial charge in [-0.3, -0.25) is 0 Å². The summed E-state index contributed by atoms with van der Waals surface area (Å²) in [7, 11) is 0. The molecule has 0 bridgehead atoms. The normalized spacial score (nSPS) is 9.50. The van der Waals surface area contributed by atoms with Crippen LogP contribution >= 0.6 is 0 Å². The summed E-state index contributed by atoms with van der Waals surface area (Å²) >= 11 is 0. The van der Waals surface area contributed by atoms with E-state index in [4.69, 9.17) is 11.2 Å². The Kier molecular flexibility index (Phi) is 2.88. The van der Waals surface area contributed by atoms with Crippen molar-refractivity contribution in [1.29, 1.82) is 0 Å². The molecule has 16 heavy (non-hydrogen) atoms. The molecule has 0 saturated heterocycles. The number of hydrogen-bond acceptors (Lipinski definition) is 1. The van der Waals surface area contributed by atoms with E-state index >= 15 is 0 Å². The molecule has 0 N–H and O–H groups in total. The fourth-order valence-electron chi connectivity index (χ4n) is 1.29. The van der Waals surface area contributed by atoms with Crippen molar-refractivity contribution in [2.45, 2.75) is 0 Å². The Bertz CT molecular complexity index is 523. The number of terminal acetylenes is 1. The van der Waals surface area contributed by atoms with Gasteiger partial charge in [0, 0.05) is 5.56 Å². The highest BCUT2D eigenvalue weighted by Gasteiger charge is 1.98. The molecule has 0 spiro atoms. The maximum absolute atomic E-state index is 12.7. The summed E-state index contributed by atoms with van der Waals surface area (Å²) < 4.78 is 18.2. The fourth-order valence-corrected chi connectivity index (χ4v) is 1.29. The minimum Gasteiger partial charge on any atom is -0.457 e. The minimum absolute atomic E-state index is 0.287. The number of ether oxygens (including phenoxy) is 1. The molecule has 78 valence electrons. The van der Waals surface area contributed by atoms with Gasteiger partial charge in [0.1, 0.15) is 17.3 Å². The molecule has 0 heterocycles. The van der Waals surface area contributed by atoms with Crippen LogP contribution in [-0.2, 0) is 0 Å². The second-order valence-electron chi connectivity index (χ2n) is 3.23. The van der Waals surface area contributed by atoms with Gasteiger partial charge in [0.05, 0.1) is 0 Å². The van der Waals surface area contributed by atoms with Crippen LogP contribution in [0, 0.1) is 18.2 Å². The molecule has 0 amide bonds. The van der Waals surface area contributed by atoms with E-state index in [0.29, 0.717) is 11.5 Å². The van der Waals surface area contributed by atoms with Crippen LogP contribution in [0.4, 0.5) is 4.39 Å². The van der Waals surface area contributed by atoms with Crippen LogP contribution in [0.25, 0.3) is 0 Å². The summed E-state index contributed by atoms with van der Waals surface area (Å²) in [6.07, 6.45) is 5.28. The molecule has 1 nitrogen and oxygen atoms in total. The third-order valence-corrected chi connectivity index (χ3v) is 2.05. The monoisotopic (exact) mass is 212 g/mol. The van der Waals surface area contributed by atoms with Crippen LogP contribution in [0.5, 0.6) is 11.5 Å². The number of halogens is 1. The Morgan fingerprint density at radius 2 is 1.75 bits per heavy atom. The fraction of sp³-hybridized carbons (Fsp3) is 0. The Morgan fingerprint density at radius 1 is 1.00 bits per heavy atom. The first kappa shape index (κ1) is 10.3. The summed E-state index contributed by atoms with van der Waals surface area (Å²) in [5.41, 5.74) is 0.750. The Balaban J connectivity index is 2.21. The SMILES string of the molecule is C#Cc1cccc(Oc2ccc(F)cc2)c1. The van der Waals surface area contributed by atoms with Crippen LogP contribution < -0.4 is 4.74 Å². The second-order valence-corrected chi connectivity index (χ2v) is 3.23. The van der Waals surface area contributed by atoms with Crippen molar-refractivity contribution in [3.05, 3.63) is 59.9 Å². The van der Waals surface area contributed by atoms with E-state index in [-0.39, 0.29) is 5.82 Å². The highest BCUT2D eigenvalue weighted by atomic mass is 19.1.